The third-order valence-electron chi connectivity index (χ3n) is 3.10. The summed E-state index contributed by atoms with van der Waals surface area (Å²) in [5.74, 6) is 0.288. The van der Waals surface area contributed by atoms with Crippen LogP contribution in [0.5, 0.6) is 11.5 Å². The van der Waals surface area contributed by atoms with Crippen LogP contribution >= 0.6 is 27.3 Å². The number of hydrogen-bond acceptors (Lipinski definition) is 8. The molecule has 7 nitrogen and oxygen atoms in total. The fourth-order valence-electron chi connectivity index (χ4n) is 2.02. The van der Waals surface area contributed by atoms with Gasteiger partial charge in [-0.2, -0.15) is 5.26 Å². The van der Waals surface area contributed by atoms with Crippen LogP contribution in [-0.2, 0) is 0 Å². The third-order valence-corrected chi connectivity index (χ3v) is 4.53. The molecule has 0 atom stereocenters. The molecule has 0 radical (unpaired) electrons. The molecule has 26 heavy (non-hydrogen) atoms. The van der Waals surface area contributed by atoms with Crippen molar-refractivity contribution in [1.82, 2.24) is 15.0 Å². The second-order valence-corrected chi connectivity index (χ2v) is 6.54. The van der Waals surface area contributed by atoms with Gasteiger partial charge in [-0.15, -0.1) is 11.3 Å². The molecule has 0 saturated carbocycles. The lowest BCUT2D eigenvalue weighted by atomic mass is 10.2. The minimum atomic E-state index is -0.644. The van der Waals surface area contributed by atoms with Gasteiger partial charge in [-0.05, 0) is 35.0 Å². The molecule has 9 heteroatoms. The van der Waals surface area contributed by atoms with Crippen molar-refractivity contribution >= 4 is 33.2 Å². The molecule has 0 unspecified atom stereocenters. The van der Waals surface area contributed by atoms with Gasteiger partial charge >= 0.3 is 5.97 Å². The summed E-state index contributed by atoms with van der Waals surface area (Å²) >= 11 is 4.55. The van der Waals surface area contributed by atoms with Crippen LogP contribution < -0.4 is 9.47 Å². The Morgan fingerprint density at radius 1 is 1.35 bits per heavy atom. The Hall–Kier alpha value is -2.83. The van der Waals surface area contributed by atoms with Crippen LogP contribution in [0.4, 0.5) is 0 Å². The highest BCUT2D eigenvalue weighted by Gasteiger charge is 2.20. The molecule has 1 aromatic carbocycles. The summed E-state index contributed by atoms with van der Waals surface area (Å²) in [6.07, 6.45) is 3.20. The van der Waals surface area contributed by atoms with Crippen molar-refractivity contribution in [1.29, 1.82) is 5.26 Å². The molecule has 0 spiro atoms. The topological polar surface area (TPSA) is 98.0 Å². The summed E-state index contributed by atoms with van der Waals surface area (Å²) in [7, 11) is 0. The van der Waals surface area contributed by atoms with Gasteiger partial charge in [0, 0.05) is 23.8 Å². The van der Waals surface area contributed by atoms with Crippen LogP contribution in [0.1, 0.15) is 23.0 Å². The maximum absolute atomic E-state index is 12.5. The number of hydrogen-bond donors (Lipinski definition) is 0. The first-order valence-electron chi connectivity index (χ1n) is 7.44. The lowest BCUT2D eigenvalue weighted by molar-refractivity contribution is 0.0722. The third kappa shape index (κ3) is 3.87. The number of carbonyl (C=O) groups excluding carboxylic acids is 1. The summed E-state index contributed by atoms with van der Waals surface area (Å²) in [5, 5.41) is 11.2. The molecule has 0 bridgehead atoms. The maximum atomic E-state index is 12.5. The van der Waals surface area contributed by atoms with Crippen molar-refractivity contribution in [3.8, 4) is 28.4 Å². The van der Waals surface area contributed by atoms with E-state index in [1.54, 1.807) is 36.8 Å². The van der Waals surface area contributed by atoms with Crippen LogP contribution in [-0.4, -0.2) is 27.5 Å². The monoisotopic (exact) mass is 430 g/mol. The molecule has 0 fully saturated rings. The Labute approximate surface area is 161 Å². The van der Waals surface area contributed by atoms with Gasteiger partial charge in [0.2, 0.25) is 0 Å². The van der Waals surface area contributed by atoms with Gasteiger partial charge in [-0.3, -0.25) is 0 Å². The zero-order valence-electron chi connectivity index (χ0n) is 13.5. The van der Waals surface area contributed by atoms with Crippen LogP contribution in [0, 0.1) is 11.3 Å². The number of ether oxygens (including phenoxy) is 2. The Morgan fingerprint density at radius 2 is 2.12 bits per heavy atom. The Kier molecular flexibility index (Phi) is 5.55. The Morgan fingerprint density at radius 3 is 2.81 bits per heavy atom. The van der Waals surface area contributed by atoms with Crippen molar-refractivity contribution < 1.29 is 14.3 Å². The molecule has 0 N–H and O–H groups in total. The Balaban J connectivity index is 1.87. The molecule has 0 aliphatic heterocycles. The molecule has 0 aliphatic carbocycles. The van der Waals surface area contributed by atoms with E-state index in [0.717, 1.165) is 0 Å². The molecule has 130 valence electrons. The SMILES string of the molecule is CCOc1cc(C#N)cc(Br)c1OC(=O)c1csc(-c2ncccn2)n1. The lowest BCUT2D eigenvalue weighted by Crippen LogP contribution is -2.11. The van der Waals surface area contributed by atoms with E-state index in [9.17, 15) is 4.79 Å². The van der Waals surface area contributed by atoms with Crippen molar-refractivity contribution in [2.24, 2.45) is 0 Å². The fraction of sp³-hybridized carbons (Fsp3) is 0.118. The molecule has 2 aromatic heterocycles. The molecule has 0 amide bonds. The molecular formula is C17H11BrN4O3S. The van der Waals surface area contributed by atoms with Crippen LogP contribution in [0.3, 0.4) is 0 Å². The second kappa shape index (κ2) is 8.03. The highest BCUT2D eigenvalue weighted by molar-refractivity contribution is 9.10. The Bertz CT molecular complexity index is 985. The quantitative estimate of drug-likeness (QED) is 0.447. The number of nitriles is 1. The van der Waals surface area contributed by atoms with Gasteiger partial charge in [0.05, 0.1) is 22.7 Å². The lowest BCUT2D eigenvalue weighted by Gasteiger charge is -2.12. The van der Waals surface area contributed by atoms with Gasteiger partial charge in [0.25, 0.3) is 0 Å². The number of aromatic nitrogens is 3. The largest absolute Gasteiger partial charge is 0.490 e. The molecule has 3 aromatic rings. The molecule has 2 heterocycles. The summed E-state index contributed by atoms with van der Waals surface area (Å²) in [6.45, 7) is 2.16. The van der Waals surface area contributed by atoms with Gasteiger partial charge in [-0.25, -0.2) is 19.7 Å². The second-order valence-electron chi connectivity index (χ2n) is 4.83. The molecular weight excluding hydrogens is 420 g/mol. The number of halogens is 1. The predicted molar refractivity (Wildman–Crippen MR) is 98.1 cm³/mol. The standard InChI is InChI=1S/C17H11BrN4O3S/c1-2-24-13-7-10(8-19)6-11(18)14(13)25-17(23)12-9-26-16(22-12)15-20-4-3-5-21-15/h3-7,9H,2H2,1H3. The van der Waals surface area contributed by atoms with Gasteiger partial charge < -0.3 is 9.47 Å². The van der Waals surface area contributed by atoms with E-state index < -0.39 is 5.97 Å². The number of thiazole rings is 1. The first kappa shape index (κ1) is 18.0. The molecule has 3 rings (SSSR count). The average molecular weight is 431 g/mol. The van der Waals surface area contributed by atoms with Crippen LogP contribution in [0.2, 0.25) is 0 Å². The number of nitrogens with zero attached hydrogens (tertiary/aromatic N) is 4. The minimum Gasteiger partial charge on any atom is -0.490 e. The molecule has 0 aliphatic rings. The van der Waals surface area contributed by atoms with Crippen molar-refractivity contribution in [2.75, 3.05) is 6.61 Å². The number of benzene rings is 1. The van der Waals surface area contributed by atoms with E-state index in [1.165, 1.54) is 17.4 Å². The fourth-order valence-corrected chi connectivity index (χ4v) is 3.28. The zero-order valence-corrected chi connectivity index (χ0v) is 15.9. The maximum Gasteiger partial charge on any atom is 0.363 e. The first-order chi connectivity index (χ1) is 12.6. The van der Waals surface area contributed by atoms with Crippen molar-refractivity contribution in [3.05, 3.63) is 51.7 Å². The normalized spacial score (nSPS) is 10.2. The average Bonchev–Trinajstić information content (AvgIpc) is 3.15. The van der Waals surface area contributed by atoms with E-state index in [4.69, 9.17) is 14.7 Å². The van der Waals surface area contributed by atoms with Gasteiger partial charge in [0.15, 0.2) is 28.0 Å². The van der Waals surface area contributed by atoms with E-state index in [2.05, 4.69) is 30.9 Å². The number of esters is 1. The number of rotatable bonds is 5. The van der Waals surface area contributed by atoms with Crippen molar-refractivity contribution in [2.45, 2.75) is 6.92 Å². The smallest absolute Gasteiger partial charge is 0.363 e. The van der Waals surface area contributed by atoms with Gasteiger partial charge in [0.1, 0.15) is 0 Å². The van der Waals surface area contributed by atoms with Crippen molar-refractivity contribution in [3.63, 3.8) is 0 Å². The van der Waals surface area contributed by atoms with Crippen LogP contribution in [0.15, 0.2) is 40.4 Å². The first-order valence-corrected chi connectivity index (χ1v) is 9.11. The summed E-state index contributed by atoms with van der Waals surface area (Å²) in [6, 6.07) is 6.79. The van der Waals surface area contributed by atoms with E-state index in [0.29, 0.717) is 33.2 Å². The van der Waals surface area contributed by atoms with E-state index in [-0.39, 0.29) is 11.4 Å². The van der Waals surface area contributed by atoms with E-state index >= 15 is 0 Å². The predicted octanol–water partition coefficient (Wildman–Crippen LogP) is 3.85. The highest BCUT2D eigenvalue weighted by Crippen LogP contribution is 2.37. The van der Waals surface area contributed by atoms with E-state index in [1.807, 2.05) is 6.07 Å². The minimum absolute atomic E-state index is 0.135. The summed E-state index contributed by atoms with van der Waals surface area (Å²) in [5.41, 5.74) is 0.522. The van der Waals surface area contributed by atoms with Crippen LogP contribution in [0.25, 0.3) is 10.8 Å². The summed E-state index contributed by atoms with van der Waals surface area (Å²) < 4.78 is 11.4. The van der Waals surface area contributed by atoms with Gasteiger partial charge in [-0.1, -0.05) is 0 Å². The molecule has 0 saturated heterocycles. The summed E-state index contributed by atoms with van der Waals surface area (Å²) in [4.78, 5) is 24.9. The number of carbonyl (C=O) groups is 1. The zero-order chi connectivity index (χ0) is 18.5. The highest BCUT2D eigenvalue weighted by atomic mass is 79.9.